The van der Waals surface area contributed by atoms with Crippen molar-refractivity contribution in [2.24, 2.45) is 0 Å². The largest absolute Gasteiger partial charge is 0.508 e. The first-order valence-corrected chi connectivity index (χ1v) is 3.88. The van der Waals surface area contributed by atoms with E-state index < -0.39 is 0 Å². The lowest BCUT2D eigenvalue weighted by atomic mass is 10.0. The first-order valence-electron chi connectivity index (χ1n) is 3.88. The maximum atomic E-state index is 9.39. The highest BCUT2D eigenvalue weighted by atomic mass is 16.3. The minimum atomic E-state index is 0.248. The second-order valence-electron chi connectivity index (χ2n) is 3.04. The molecule has 0 saturated carbocycles. The Kier molecular flexibility index (Phi) is 2.35. The van der Waals surface area contributed by atoms with E-state index >= 15 is 0 Å². The van der Waals surface area contributed by atoms with E-state index in [1.165, 1.54) is 0 Å². The monoisotopic (exact) mass is 161 g/mol. The van der Waals surface area contributed by atoms with Gasteiger partial charge in [0.05, 0.1) is 11.6 Å². The molecular formula is C10H11NO. The van der Waals surface area contributed by atoms with Gasteiger partial charge < -0.3 is 5.11 Å². The van der Waals surface area contributed by atoms with Gasteiger partial charge in [-0.15, -0.1) is 0 Å². The van der Waals surface area contributed by atoms with Gasteiger partial charge in [-0.25, -0.2) is 0 Å². The Bertz CT molecular complexity index is 323. The summed E-state index contributed by atoms with van der Waals surface area (Å²) in [6.07, 6.45) is 0. The Morgan fingerprint density at radius 2 is 2.08 bits per heavy atom. The van der Waals surface area contributed by atoms with Crippen LogP contribution in [0, 0.1) is 11.3 Å². The minimum Gasteiger partial charge on any atom is -0.508 e. The second-order valence-corrected chi connectivity index (χ2v) is 3.04. The molecule has 0 amide bonds. The van der Waals surface area contributed by atoms with E-state index in [-0.39, 0.29) is 11.7 Å². The molecule has 1 aromatic carbocycles. The van der Waals surface area contributed by atoms with Gasteiger partial charge in [-0.05, 0) is 29.7 Å². The highest BCUT2D eigenvalue weighted by molar-refractivity contribution is 5.42. The van der Waals surface area contributed by atoms with Crippen molar-refractivity contribution < 1.29 is 5.11 Å². The maximum absolute atomic E-state index is 9.39. The van der Waals surface area contributed by atoms with Gasteiger partial charge in [0, 0.05) is 0 Å². The molecule has 1 aromatic rings. The highest BCUT2D eigenvalue weighted by Crippen LogP contribution is 2.25. The summed E-state index contributed by atoms with van der Waals surface area (Å²) in [6.45, 7) is 3.96. The zero-order chi connectivity index (χ0) is 9.14. The van der Waals surface area contributed by atoms with Crippen LogP contribution in [0.5, 0.6) is 5.75 Å². The predicted molar refractivity (Wildman–Crippen MR) is 46.9 cm³/mol. The van der Waals surface area contributed by atoms with Crippen LogP contribution in [0.2, 0.25) is 0 Å². The van der Waals surface area contributed by atoms with E-state index in [2.05, 4.69) is 0 Å². The van der Waals surface area contributed by atoms with Crippen LogP contribution in [0.1, 0.15) is 30.9 Å². The Hall–Kier alpha value is -1.49. The molecule has 0 aliphatic carbocycles. The van der Waals surface area contributed by atoms with Gasteiger partial charge in [0.15, 0.2) is 0 Å². The smallest absolute Gasteiger partial charge is 0.119 e. The standard InChI is InChI=1S/C10H11NO/c1-7(2)9-5-8(6-11)3-4-10(9)12/h3-5,7,12H,1-2H3. The van der Waals surface area contributed by atoms with E-state index in [0.29, 0.717) is 5.56 Å². The van der Waals surface area contributed by atoms with Crippen LogP contribution in [0.4, 0.5) is 0 Å². The van der Waals surface area contributed by atoms with Crippen LogP contribution < -0.4 is 0 Å². The molecule has 0 aliphatic heterocycles. The summed E-state index contributed by atoms with van der Waals surface area (Å²) in [6, 6.07) is 6.94. The molecule has 0 radical (unpaired) electrons. The highest BCUT2D eigenvalue weighted by Gasteiger charge is 2.05. The molecule has 12 heavy (non-hydrogen) atoms. The van der Waals surface area contributed by atoms with E-state index in [0.717, 1.165) is 5.56 Å². The molecule has 0 heterocycles. The summed E-state index contributed by atoms with van der Waals surface area (Å²) in [5.74, 6) is 0.516. The normalized spacial score (nSPS) is 9.83. The van der Waals surface area contributed by atoms with Crippen molar-refractivity contribution in [2.45, 2.75) is 19.8 Å². The van der Waals surface area contributed by atoms with Crippen LogP contribution in [-0.4, -0.2) is 5.11 Å². The molecule has 0 aromatic heterocycles. The topological polar surface area (TPSA) is 44.0 Å². The Labute approximate surface area is 72.1 Å². The van der Waals surface area contributed by atoms with E-state index in [4.69, 9.17) is 5.26 Å². The molecule has 0 bridgehead atoms. The molecular weight excluding hydrogens is 150 g/mol. The predicted octanol–water partition coefficient (Wildman–Crippen LogP) is 2.39. The van der Waals surface area contributed by atoms with E-state index in [9.17, 15) is 5.11 Å². The van der Waals surface area contributed by atoms with Crippen LogP contribution in [0.15, 0.2) is 18.2 Å². The molecule has 1 N–H and O–H groups in total. The van der Waals surface area contributed by atoms with Crippen molar-refractivity contribution in [1.82, 2.24) is 0 Å². The van der Waals surface area contributed by atoms with Gasteiger partial charge in [-0.3, -0.25) is 0 Å². The van der Waals surface area contributed by atoms with Crippen LogP contribution in [0.25, 0.3) is 0 Å². The third-order valence-electron chi connectivity index (χ3n) is 1.78. The SMILES string of the molecule is CC(C)c1cc(C#N)ccc1O. The fraction of sp³-hybridized carbons (Fsp3) is 0.300. The van der Waals surface area contributed by atoms with Crippen molar-refractivity contribution in [1.29, 1.82) is 5.26 Å². The zero-order valence-electron chi connectivity index (χ0n) is 7.20. The van der Waals surface area contributed by atoms with Gasteiger partial charge in [0.2, 0.25) is 0 Å². The maximum Gasteiger partial charge on any atom is 0.119 e. The average molecular weight is 161 g/mol. The number of benzene rings is 1. The Morgan fingerprint density at radius 3 is 2.58 bits per heavy atom. The molecule has 62 valence electrons. The minimum absolute atomic E-state index is 0.248. The lowest BCUT2D eigenvalue weighted by Crippen LogP contribution is -1.88. The second kappa shape index (κ2) is 3.27. The fourth-order valence-electron chi connectivity index (χ4n) is 1.09. The molecule has 0 unspecified atom stereocenters. The molecule has 2 heteroatoms. The quantitative estimate of drug-likeness (QED) is 0.687. The first-order chi connectivity index (χ1) is 5.65. The lowest BCUT2D eigenvalue weighted by Gasteiger charge is -2.07. The van der Waals surface area contributed by atoms with Crippen molar-refractivity contribution >= 4 is 0 Å². The number of hydrogen-bond acceptors (Lipinski definition) is 2. The third kappa shape index (κ3) is 1.57. The van der Waals surface area contributed by atoms with Crippen LogP contribution >= 0.6 is 0 Å². The molecule has 0 fully saturated rings. The number of nitrogens with zero attached hydrogens (tertiary/aromatic N) is 1. The molecule has 0 aliphatic rings. The molecule has 0 atom stereocenters. The fourth-order valence-corrected chi connectivity index (χ4v) is 1.09. The van der Waals surface area contributed by atoms with Crippen molar-refractivity contribution in [3.63, 3.8) is 0 Å². The van der Waals surface area contributed by atoms with Gasteiger partial charge in [-0.2, -0.15) is 5.26 Å². The van der Waals surface area contributed by atoms with Gasteiger partial charge in [0.1, 0.15) is 5.75 Å². The summed E-state index contributed by atoms with van der Waals surface area (Å²) in [7, 11) is 0. The molecule has 2 nitrogen and oxygen atoms in total. The lowest BCUT2D eigenvalue weighted by molar-refractivity contribution is 0.465. The number of phenols is 1. The summed E-state index contributed by atoms with van der Waals surface area (Å²) < 4.78 is 0. The third-order valence-corrected chi connectivity index (χ3v) is 1.78. The summed E-state index contributed by atoms with van der Waals surface area (Å²) in [5, 5.41) is 18.0. The summed E-state index contributed by atoms with van der Waals surface area (Å²) in [4.78, 5) is 0. The molecule has 0 spiro atoms. The van der Waals surface area contributed by atoms with Crippen LogP contribution in [-0.2, 0) is 0 Å². The molecule has 0 saturated heterocycles. The average Bonchev–Trinajstić information content (AvgIpc) is 2.05. The number of rotatable bonds is 1. The molecule has 1 rings (SSSR count). The van der Waals surface area contributed by atoms with Gasteiger partial charge in [0.25, 0.3) is 0 Å². The zero-order valence-corrected chi connectivity index (χ0v) is 7.20. The number of nitriles is 1. The summed E-state index contributed by atoms with van der Waals surface area (Å²) in [5.41, 5.74) is 1.42. The number of hydrogen-bond donors (Lipinski definition) is 1. The number of phenolic OH excluding ortho intramolecular Hbond substituents is 1. The first kappa shape index (κ1) is 8.61. The summed E-state index contributed by atoms with van der Waals surface area (Å²) >= 11 is 0. The number of aromatic hydroxyl groups is 1. The van der Waals surface area contributed by atoms with Gasteiger partial charge >= 0.3 is 0 Å². The van der Waals surface area contributed by atoms with Gasteiger partial charge in [-0.1, -0.05) is 13.8 Å². The van der Waals surface area contributed by atoms with Crippen molar-refractivity contribution in [3.05, 3.63) is 29.3 Å². The Morgan fingerprint density at radius 1 is 1.42 bits per heavy atom. The van der Waals surface area contributed by atoms with E-state index in [1.54, 1.807) is 18.2 Å². The van der Waals surface area contributed by atoms with E-state index in [1.807, 2.05) is 19.9 Å². The van der Waals surface area contributed by atoms with Crippen molar-refractivity contribution in [2.75, 3.05) is 0 Å². The Balaban J connectivity index is 3.19. The van der Waals surface area contributed by atoms with Crippen LogP contribution in [0.3, 0.4) is 0 Å². The van der Waals surface area contributed by atoms with Crippen molar-refractivity contribution in [3.8, 4) is 11.8 Å².